The molecule has 0 spiro atoms. The summed E-state index contributed by atoms with van der Waals surface area (Å²) in [5, 5.41) is 12.6. The minimum atomic E-state index is -0.388. The Kier molecular flexibility index (Phi) is 6.83. The monoisotopic (exact) mass is 284 g/mol. The fourth-order valence-electron chi connectivity index (χ4n) is 1.70. The lowest BCUT2D eigenvalue weighted by atomic mass is 10.1. The highest BCUT2D eigenvalue weighted by Crippen LogP contribution is 2.12. The number of aliphatic hydroxyl groups is 1. The Labute approximate surface area is 117 Å². The summed E-state index contributed by atoms with van der Waals surface area (Å²) in [6, 6.07) is 3.52. The SMILES string of the molecule is COC(=O)c1cccnc1CNC(C)C(CO)SC. The average molecular weight is 284 g/mol. The van der Waals surface area contributed by atoms with Crippen molar-refractivity contribution in [2.75, 3.05) is 20.0 Å². The zero-order valence-corrected chi connectivity index (χ0v) is 12.2. The number of rotatable bonds is 7. The molecule has 1 rings (SSSR count). The van der Waals surface area contributed by atoms with Gasteiger partial charge in [-0.15, -0.1) is 0 Å². The summed E-state index contributed by atoms with van der Waals surface area (Å²) in [4.78, 5) is 15.8. The number of carbonyl (C=O) groups is 1. The van der Waals surface area contributed by atoms with Crippen molar-refractivity contribution in [3.63, 3.8) is 0 Å². The molecule has 2 unspecified atom stereocenters. The van der Waals surface area contributed by atoms with E-state index in [0.717, 1.165) is 0 Å². The Morgan fingerprint density at radius 1 is 1.63 bits per heavy atom. The largest absolute Gasteiger partial charge is 0.465 e. The van der Waals surface area contributed by atoms with Crippen LogP contribution in [0.3, 0.4) is 0 Å². The summed E-state index contributed by atoms with van der Waals surface area (Å²) in [6.45, 7) is 2.57. The number of aliphatic hydroxyl groups excluding tert-OH is 1. The molecule has 2 atom stereocenters. The summed E-state index contributed by atoms with van der Waals surface area (Å²) in [7, 11) is 1.35. The first-order valence-corrected chi connectivity index (χ1v) is 7.32. The number of nitrogens with one attached hydrogen (secondary N) is 1. The molecule has 0 fully saturated rings. The van der Waals surface area contributed by atoms with Crippen LogP contribution in [0.25, 0.3) is 0 Å². The standard InChI is InChI=1S/C13H20N2O3S/c1-9(12(8-16)19-3)15-7-11-10(13(17)18-2)5-4-6-14-11/h4-6,9,12,15-16H,7-8H2,1-3H3. The molecule has 0 bridgehead atoms. The van der Waals surface area contributed by atoms with Crippen LogP contribution >= 0.6 is 11.8 Å². The van der Waals surface area contributed by atoms with E-state index in [4.69, 9.17) is 4.74 Å². The summed E-state index contributed by atoms with van der Waals surface area (Å²) < 4.78 is 4.72. The molecule has 2 N–H and O–H groups in total. The fourth-order valence-corrected chi connectivity index (χ4v) is 2.35. The molecule has 19 heavy (non-hydrogen) atoms. The van der Waals surface area contributed by atoms with Gasteiger partial charge in [0.2, 0.25) is 0 Å². The van der Waals surface area contributed by atoms with Gasteiger partial charge in [0.15, 0.2) is 0 Å². The van der Waals surface area contributed by atoms with Gasteiger partial charge in [-0.25, -0.2) is 4.79 Å². The number of esters is 1. The molecule has 1 aromatic heterocycles. The van der Waals surface area contributed by atoms with E-state index in [1.165, 1.54) is 7.11 Å². The number of aromatic nitrogens is 1. The lowest BCUT2D eigenvalue weighted by molar-refractivity contribution is 0.0598. The van der Waals surface area contributed by atoms with E-state index < -0.39 is 0 Å². The van der Waals surface area contributed by atoms with Gasteiger partial charge in [0, 0.05) is 24.0 Å². The van der Waals surface area contributed by atoms with Crippen molar-refractivity contribution < 1.29 is 14.6 Å². The van der Waals surface area contributed by atoms with Gasteiger partial charge >= 0.3 is 5.97 Å². The van der Waals surface area contributed by atoms with E-state index in [-0.39, 0.29) is 23.9 Å². The van der Waals surface area contributed by atoms with E-state index in [0.29, 0.717) is 17.8 Å². The van der Waals surface area contributed by atoms with Crippen LogP contribution in [0, 0.1) is 0 Å². The number of hydrogen-bond acceptors (Lipinski definition) is 6. The molecule has 0 aliphatic carbocycles. The third kappa shape index (κ3) is 4.49. The molecule has 0 aromatic carbocycles. The summed E-state index contributed by atoms with van der Waals surface area (Å²) in [5.74, 6) is -0.388. The van der Waals surface area contributed by atoms with E-state index in [1.54, 1.807) is 30.1 Å². The molecular weight excluding hydrogens is 264 g/mol. The van der Waals surface area contributed by atoms with Crippen molar-refractivity contribution in [2.24, 2.45) is 0 Å². The third-order valence-corrected chi connectivity index (χ3v) is 4.09. The molecule has 1 heterocycles. The first-order chi connectivity index (χ1) is 9.13. The predicted octanol–water partition coefficient (Wildman–Crippen LogP) is 1.07. The summed E-state index contributed by atoms with van der Waals surface area (Å²) >= 11 is 1.60. The van der Waals surface area contributed by atoms with Crippen molar-refractivity contribution in [1.29, 1.82) is 0 Å². The van der Waals surface area contributed by atoms with Crippen molar-refractivity contribution in [2.45, 2.75) is 24.8 Å². The molecule has 1 aromatic rings. The van der Waals surface area contributed by atoms with E-state index in [9.17, 15) is 9.90 Å². The quantitative estimate of drug-likeness (QED) is 0.730. The molecule has 106 valence electrons. The second-order valence-corrected chi connectivity index (χ2v) is 5.19. The average Bonchev–Trinajstić information content (AvgIpc) is 2.45. The number of methoxy groups -OCH3 is 1. The minimum Gasteiger partial charge on any atom is -0.465 e. The van der Waals surface area contributed by atoms with Crippen LogP contribution in [0.1, 0.15) is 23.0 Å². The molecular formula is C13H20N2O3S. The Morgan fingerprint density at radius 2 is 2.37 bits per heavy atom. The first kappa shape index (κ1) is 15.9. The van der Waals surface area contributed by atoms with Crippen LogP contribution in [0.15, 0.2) is 18.3 Å². The number of hydrogen-bond donors (Lipinski definition) is 2. The van der Waals surface area contributed by atoms with E-state index in [2.05, 4.69) is 10.3 Å². The molecule has 6 heteroatoms. The molecule has 0 saturated heterocycles. The van der Waals surface area contributed by atoms with Crippen LogP contribution in [-0.2, 0) is 11.3 Å². The second-order valence-electron chi connectivity index (χ2n) is 4.12. The third-order valence-electron chi connectivity index (χ3n) is 2.93. The number of nitrogens with zero attached hydrogens (tertiary/aromatic N) is 1. The van der Waals surface area contributed by atoms with Gasteiger partial charge in [0.1, 0.15) is 0 Å². The second kappa shape index (κ2) is 8.14. The maximum Gasteiger partial charge on any atom is 0.339 e. The maximum absolute atomic E-state index is 11.6. The smallest absolute Gasteiger partial charge is 0.339 e. The zero-order chi connectivity index (χ0) is 14.3. The first-order valence-electron chi connectivity index (χ1n) is 6.03. The molecule has 5 nitrogen and oxygen atoms in total. The Balaban J connectivity index is 2.70. The topological polar surface area (TPSA) is 71.5 Å². The number of carbonyl (C=O) groups excluding carboxylic acids is 1. The van der Waals surface area contributed by atoms with Crippen LogP contribution in [0.2, 0.25) is 0 Å². The summed E-state index contributed by atoms with van der Waals surface area (Å²) in [5.41, 5.74) is 1.12. The highest BCUT2D eigenvalue weighted by atomic mass is 32.2. The van der Waals surface area contributed by atoms with Gasteiger partial charge < -0.3 is 15.2 Å². The molecule has 0 amide bonds. The lowest BCUT2D eigenvalue weighted by Gasteiger charge is -2.21. The van der Waals surface area contributed by atoms with Crippen molar-refractivity contribution in [3.8, 4) is 0 Å². The van der Waals surface area contributed by atoms with Crippen LogP contribution < -0.4 is 5.32 Å². The molecule has 0 aliphatic heterocycles. The maximum atomic E-state index is 11.6. The Morgan fingerprint density at radius 3 is 2.95 bits per heavy atom. The van der Waals surface area contributed by atoms with E-state index in [1.807, 2.05) is 13.2 Å². The highest BCUT2D eigenvalue weighted by molar-refractivity contribution is 7.99. The van der Waals surface area contributed by atoms with Gasteiger partial charge in [-0.05, 0) is 25.3 Å². The van der Waals surface area contributed by atoms with Crippen LogP contribution in [-0.4, -0.2) is 47.3 Å². The Hall–Kier alpha value is -1.11. The highest BCUT2D eigenvalue weighted by Gasteiger charge is 2.17. The fraction of sp³-hybridized carbons (Fsp3) is 0.538. The van der Waals surface area contributed by atoms with Gasteiger partial charge in [0.05, 0.1) is 25.0 Å². The zero-order valence-electron chi connectivity index (χ0n) is 11.4. The lowest BCUT2D eigenvalue weighted by Crippen LogP contribution is -2.37. The van der Waals surface area contributed by atoms with Crippen molar-refractivity contribution in [1.82, 2.24) is 10.3 Å². The summed E-state index contributed by atoms with van der Waals surface area (Å²) in [6.07, 6.45) is 3.60. The minimum absolute atomic E-state index is 0.113. The van der Waals surface area contributed by atoms with E-state index >= 15 is 0 Å². The number of pyridine rings is 1. The molecule has 0 saturated carbocycles. The Bertz CT molecular complexity index is 411. The molecule has 0 radical (unpaired) electrons. The van der Waals surface area contributed by atoms with Crippen LogP contribution in [0.4, 0.5) is 0 Å². The van der Waals surface area contributed by atoms with Gasteiger partial charge in [-0.2, -0.15) is 11.8 Å². The normalized spacial score (nSPS) is 13.9. The van der Waals surface area contributed by atoms with Gasteiger partial charge in [0.25, 0.3) is 0 Å². The molecule has 0 aliphatic rings. The van der Waals surface area contributed by atoms with Crippen molar-refractivity contribution >= 4 is 17.7 Å². The van der Waals surface area contributed by atoms with Crippen molar-refractivity contribution in [3.05, 3.63) is 29.6 Å². The van der Waals surface area contributed by atoms with Crippen LogP contribution in [0.5, 0.6) is 0 Å². The van der Waals surface area contributed by atoms with Gasteiger partial charge in [-0.3, -0.25) is 4.98 Å². The number of ether oxygens (including phenoxy) is 1. The van der Waals surface area contributed by atoms with Gasteiger partial charge in [-0.1, -0.05) is 0 Å². The number of thioether (sulfide) groups is 1. The predicted molar refractivity (Wildman–Crippen MR) is 76.3 cm³/mol.